The number of aliphatic hydroxyl groups excluding tert-OH is 7. The minimum absolute atomic E-state index is 0.0602. The predicted molar refractivity (Wildman–Crippen MR) is 261 cm³/mol. The van der Waals surface area contributed by atoms with Crippen LogP contribution >= 0.6 is 0 Å². The van der Waals surface area contributed by atoms with E-state index in [-0.39, 0.29) is 25.6 Å². The number of hydrogen-bond donors (Lipinski definition) is 7. The highest BCUT2D eigenvalue weighted by Crippen LogP contribution is 2.26. The van der Waals surface area contributed by atoms with Gasteiger partial charge in [0.25, 0.3) is 0 Å². The van der Waals surface area contributed by atoms with Gasteiger partial charge in [0.05, 0.1) is 26.4 Å². The molecule has 14 nitrogen and oxygen atoms in total. The number of allylic oxidation sites excluding steroid dienone is 6. The first-order valence-corrected chi connectivity index (χ1v) is 26.6. The van der Waals surface area contributed by atoms with E-state index in [1.165, 1.54) is 103 Å². The Morgan fingerprint density at radius 2 is 0.970 bits per heavy atom. The molecule has 0 saturated carbocycles. The number of carbonyl (C=O) groups is 1. The molecule has 67 heavy (non-hydrogen) atoms. The molecular weight excluding hydrogens is 861 g/mol. The molecule has 2 rings (SSSR count). The van der Waals surface area contributed by atoms with Crippen molar-refractivity contribution in [2.75, 3.05) is 33.0 Å². The minimum atomic E-state index is -1.71. The van der Waals surface area contributed by atoms with Crippen LogP contribution in [0.5, 0.6) is 0 Å². The predicted octanol–water partition coefficient (Wildman–Crippen LogP) is 8.19. The number of rotatable bonds is 42. The normalized spacial score (nSPS) is 26.3. The summed E-state index contributed by atoms with van der Waals surface area (Å²) in [4.78, 5) is 13.0. The van der Waals surface area contributed by atoms with Crippen LogP contribution in [-0.4, -0.2) is 142 Å². The van der Waals surface area contributed by atoms with Gasteiger partial charge in [0.15, 0.2) is 12.6 Å². The lowest BCUT2D eigenvalue weighted by Gasteiger charge is -2.42. The summed E-state index contributed by atoms with van der Waals surface area (Å²) in [5, 5.41) is 72.2. The van der Waals surface area contributed by atoms with Gasteiger partial charge >= 0.3 is 5.97 Å². The number of esters is 1. The molecule has 2 aliphatic heterocycles. The maximum atomic E-state index is 13.0. The summed E-state index contributed by atoms with van der Waals surface area (Å²) in [5.41, 5.74) is 0. The molecule has 14 heteroatoms. The smallest absolute Gasteiger partial charge is 0.306 e. The van der Waals surface area contributed by atoms with Crippen molar-refractivity contribution in [3.05, 3.63) is 36.5 Å². The quantitative estimate of drug-likeness (QED) is 0.0175. The molecule has 0 spiro atoms. The Hall–Kier alpha value is -1.79. The van der Waals surface area contributed by atoms with Crippen molar-refractivity contribution in [2.45, 2.75) is 261 Å². The highest BCUT2D eigenvalue weighted by Gasteiger charge is 2.47. The Kier molecular flexibility index (Phi) is 37.4. The lowest BCUT2D eigenvalue weighted by molar-refractivity contribution is -0.332. The third-order valence-electron chi connectivity index (χ3n) is 12.7. The fourth-order valence-corrected chi connectivity index (χ4v) is 8.36. The van der Waals surface area contributed by atoms with E-state index in [2.05, 4.69) is 50.3 Å². The fourth-order valence-electron chi connectivity index (χ4n) is 8.36. The van der Waals surface area contributed by atoms with Crippen molar-refractivity contribution in [3.63, 3.8) is 0 Å². The number of hydrogen-bond acceptors (Lipinski definition) is 14. The summed E-state index contributed by atoms with van der Waals surface area (Å²) in [7, 11) is 0. The topological polar surface area (TPSA) is 214 Å². The van der Waals surface area contributed by atoms with Gasteiger partial charge in [-0.2, -0.15) is 0 Å². The van der Waals surface area contributed by atoms with Crippen LogP contribution in [0, 0.1) is 0 Å². The molecule has 11 unspecified atom stereocenters. The van der Waals surface area contributed by atoms with Crippen molar-refractivity contribution in [2.24, 2.45) is 0 Å². The molecule has 2 aliphatic rings. The standard InChI is InChI=1S/C53H96O14/c1-3-5-7-9-11-13-15-17-19-21-22-24-26-28-30-32-34-36-45(55)65-42(39-62-37-35-33-31-29-27-25-23-20-18-16-14-12-10-8-6-4-2)40-63-52-51(61)49(59)47(57)44(67-52)41-64-53-50(60)48(58)46(56)43(38-54)66-53/h5,7,11,13,17,19,42-44,46-54,56-61H,3-4,6,8-10,12,14-16,18,20-41H2,1-2H3/b7-5-,13-11-,19-17-. The van der Waals surface area contributed by atoms with E-state index in [0.29, 0.717) is 13.0 Å². The minimum Gasteiger partial charge on any atom is -0.457 e. The Morgan fingerprint density at radius 1 is 0.507 bits per heavy atom. The van der Waals surface area contributed by atoms with Crippen molar-refractivity contribution < 1.29 is 69.0 Å². The fraction of sp³-hybridized carbons (Fsp3) is 0.868. The summed E-state index contributed by atoms with van der Waals surface area (Å²) in [6.07, 6.45) is 29.1. The molecule has 2 heterocycles. The SMILES string of the molecule is CC/C=C\C/C=C\C/C=C\CCCCCCCCCC(=O)OC(COCCCCCCCCCCCCCCCCCC)COC1OC(COC2OC(CO)C(O)C(O)C2O)C(O)C(O)C1O. The summed E-state index contributed by atoms with van der Waals surface area (Å²) in [5.74, 6) is -0.384. The Bertz CT molecular complexity index is 1250. The Labute approximate surface area is 404 Å². The molecular formula is C53H96O14. The highest BCUT2D eigenvalue weighted by atomic mass is 16.7. The van der Waals surface area contributed by atoms with E-state index in [0.717, 1.165) is 64.2 Å². The average molecular weight is 957 g/mol. The molecule has 2 fully saturated rings. The Balaban J connectivity index is 1.76. The monoisotopic (exact) mass is 957 g/mol. The summed E-state index contributed by atoms with van der Waals surface area (Å²) in [6, 6.07) is 0. The maximum Gasteiger partial charge on any atom is 0.306 e. The van der Waals surface area contributed by atoms with Gasteiger partial charge in [0, 0.05) is 13.0 Å². The molecule has 0 amide bonds. The molecule has 0 bridgehead atoms. The molecule has 0 aliphatic carbocycles. The van der Waals surface area contributed by atoms with Gasteiger partial charge in [-0.1, -0.05) is 179 Å². The van der Waals surface area contributed by atoms with Crippen LogP contribution < -0.4 is 0 Å². The lowest BCUT2D eigenvalue weighted by Crippen LogP contribution is -2.61. The number of unbranched alkanes of at least 4 members (excludes halogenated alkanes) is 22. The first-order chi connectivity index (χ1) is 32.6. The van der Waals surface area contributed by atoms with Crippen LogP contribution in [0.25, 0.3) is 0 Å². The van der Waals surface area contributed by atoms with Gasteiger partial charge in [0.2, 0.25) is 0 Å². The maximum absolute atomic E-state index is 13.0. The van der Waals surface area contributed by atoms with Crippen LogP contribution in [0.1, 0.15) is 194 Å². The van der Waals surface area contributed by atoms with Gasteiger partial charge in [-0.3, -0.25) is 4.79 Å². The van der Waals surface area contributed by atoms with E-state index < -0.39 is 80.7 Å². The molecule has 7 N–H and O–H groups in total. The van der Waals surface area contributed by atoms with Gasteiger partial charge in [-0.05, 0) is 44.9 Å². The second-order valence-electron chi connectivity index (χ2n) is 18.7. The molecule has 2 saturated heterocycles. The molecule has 0 aromatic rings. The van der Waals surface area contributed by atoms with Gasteiger partial charge in [0.1, 0.15) is 54.9 Å². The zero-order chi connectivity index (χ0) is 48.7. The van der Waals surface area contributed by atoms with Crippen molar-refractivity contribution >= 4 is 5.97 Å². The summed E-state index contributed by atoms with van der Waals surface area (Å²) >= 11 is 0. The van der Waals surface area contributed by atoms with Crippen LogP contribution in [0.2, 0.25) is 0 Å². The number of carbonyl (C=O) groups excluding carboxylic acids is 1. The highest BCUT2D eigenvalue weighted by molar-refractivity contribution is 5.69. The summed E-state index contributed by atoms with van der Waals surface area (Å²) < 4.78 is 34.3. The lowest BCUT2D eigenvalue weighted by atomic mass is 9.98. The zero-order valence-corrected chi connectivity index (χ0v) is 41.6. The summed E-state index contributed by atoms with van der Waals surface area (Å²) in [6.45, 7) is 3.59. The third-order valence-corrected chi connectivity index (χ3v) is 12.7. The average Bonchev–Trinajstić information content (AvgIpc) is 3.32. The van der Waals surface area contributed by atoms with Crippen LogP contribution in [-0.2, 0) is 33.2 Å². The van der Waals surface area contributed by atoms with Crippen LogP contribution in [0.4, 0.5) is 0 Å². The van der Waals surface area contributed by atoms with E-state index in [1.807, 2.05) is 0 Å². The van der Waals surface area contributed by atoms with E-state index in [4.69, 9.17) is 28.4 Å². The second kappa shape index (κ2) is 40.9. The second-order valence-corrected chi connectivity index (χ2v) is 18.7. The molecule has 0 radical (unpaired) electrons. The van der Waals surface area contributed by atoms with Crippen molar-refractivity contribution in [1.29, 1.82) is 0 Å². The van der Waals surface area contributed by atoms with Crippen LogP contribution in [0.15, 0.2) is 36.5 Å². The molecule has 11 atom stereocenters. The first-order valence-electron chi connectivity index (χ1n) is 26.6. The zero-order valence-electron chi connectivity index (χ0n) is 41.6. The number of ether oxygens (including phenoxy) is 6. The van der Waals surface area contributed by atoms with Gasteiger partial charge < -0.3 is 64.2 Å². The first kappa shape index (κ1) is 61.3. The molecule has 0 aromatic heterocycles. The van der Waals surface area contributed by atoms with Crippen molar-refractivity contribution in [3.8, 4) is 0 Å². The Morgan fingerprint density at radius 3 is 1.52 bits per heavy atom. The molecule has 0 aromatic carbocycles. The van der Waals surface area contributed by atoms with Crippen LogP contribution in [0.3, 0.4) is 0 Å². The van der Waals surface area contributed by atoms with Crippen molar-refractivity contribution in [1.82, 2.24) is 0 Å². The largest absolute Gasteiger partial charge is 0.457 e. The molecule has 392 valence electrons. The third kappa shape index (κ3) is 28.6. The van der Waals surface area contributed by atoms with E-state index in [9.17, 15) is 40.5 Å². The van der Waals surface area contributed by atoms with Gasteiger partial charge in [-0.15, -0.1) is 0 Å². The van der Waals surface area contributed by atoms with Gasteiger partial charge in [-0.25, -0.2) is 0 Å². The van der Waals surface area contributed by atoms with E-state index >= 15 is 0 Å². The number of aliphatic hydroxyl groups is 7. The van der Waals surface area contributed by atoms with E-state index in [1.54, 1.807) is 0 Å².